The molecule has 88 valence electrons. The van der Waals surface area contributed by atoms with Gasteiger partial charge in [0.15, 0.2) is 0 Å². The molecule has 0 spiro atoms. The Morgan fingerprint density at radius 3 is 2.65 bits per heavy atom. The van der Waals surface area contributed by atoms with Gasteiger partial charge in [0.2, 0.25) is 0 Å². The fraction of sp³-hybridized carbons (Fsp3) is 0.143. The van der Waals surface area contributed by atoms with E-state index in [-0.39, 0.29) is 13.2 Å². The Balaban J connectivity index is 2.14. The third-order valence-electron chi connectivity index (χ3n) is 2.56. The van der Waals surface area contributed by atoms with Crippen molar-refractivity contribution in [2.75, 3.05) is 13.2 Å². The van der Waals surface area contributed by atoms with Crippen LogP contribution in [0.4, 0.5) is 4.39 Å². The minimum Gasteiger partial charge on any atom is -0.489 e. The van der Waals surface area contributed by atoms with Crippen molar-refractivity contribution in [3.63, 3.8) is 0 Å². The van der Waals surface area contributed by atoms with Crippen LogP contribution in [-0.4, -0.2) is 13.2 Å². The van der Waals surface area contributed by atoms with Gasteiger partial charge in [-0.05, 0) is 22.9 Å². The predicted molar refractivity (Wildman–Crippen MR) is 67.7 cm³/mol. The fourth-order valence-corrected chi connectivity index (χ4v) is 1.57. The Hall–Kier alpha value is -1.87. The van der Waals surface area contributed by atoms with Crippen LogP contribution in [-0.2, 0) is 0 Å². The molecule has 2 nitrogen and oxygen atoms in total. The standard InChI is InChI=1S/C14H14FNO/c15-8-11(9-16)10-17-14-6-5-12-3-1-2-4-13(12)7-14/h1-8H,9-10,16H2/b11-8+. The van der Waals surface area contributed by atoms with Crippen LogP contribution in [0.3, 0.4) is 0 Å². The highest BCUT2D eigenvalue weighted by Gasteiger charge is 1.99. The number of benzene rings is 2. The maximum Gasteiger partial charge on any atom is 0.120 e. The zero-order valence-corrected chi connectivity index (χ0v) is 9.40. The summed E-state index contributed by atoms with van der Waals surface area (Å²) in [6.07, 6.45) is 0.501. The van der Waals surface area contributed by atoms with Crippen LogP contribution >= 0.6 is 0 Å². The second-order valence-corrected chi connectivity index (χ2v) is 3.77. The molecule has 0 atom stereocenters. The van der Waals surface area contributed by atoms with Crippen LogP contribution in [0.25, 0.3) is 10.8 Å². The predicted octanol–water partition coefficient (Wildman–Crippen LogP) is 3.03. The number of hydrogen-bond donors (Lipinski definition) is 1. The summed E-state index contributed by atoms with van der Waals surface area (Å²) in [5, 5.41) is 2.25. The van der Waals surface area contributed by atoms with Crippen molar-refractivity contribution in [1.82, 2.24) is 0 Å². The van der Waals surface area contributed by atoms with Crippen molar-refractivity contribution >= 4 is 10.8 Å². The van der Waals surface area contributed by atoms with Crippen LogP contribution < -0.4 is 10.5 Å². The summed E-state index contributed by atoms with van der Waals surface area (Å²) in [5.41, 5.74) is 5.79. The van der Waals surface area contributed by atoms with Crippen molar-refractivity contribution in [3.8, 4) is 5.75 Å². The average molecular weight is 231 g/mol. The largest absolute Gasteiger partial charge is 0.489 e. The smallest absolute Gasteiger partial charge is 0.120 e. The molecule has 0 aromatic heterocycles. The minimum absolute atomic E-state index is 0.171. The van der Waals surface area contributed by atoms with E-state index in [4.69, 9.17) is 10.5 Å². The monoisotopic (exact) mass is 231 g/mol. The lowest BCUT2D eigenvalue weighted by Gasteiger charge is -2.08. The number of halogens is 1. The van der Waals surface area contributed by atoms with Crippen molar-refractivity contribution in [3.05, 3.63) is 54.4 Å². The molecule has 0 aliphatic rings. The van der Waals surface area contributed by atoms with Crippen molar-refractivity contribution < 1.29 is 9.13 Å². The van der Waals surface area contributed by atoms with Crippen LogP contribution in [0.1, 0.15) is 0 Å². The molecule has 0 heterocycles. The van der Waals surface area contributed by atoms with Gasteiger partial charge in [-0.25, -0.2) is 4.39 Å². The number of hydrogen-bond acceptors (Lipinski definition) is 2. The van der Waals surface area contributed by atoms with Crippen molar-refractivity contribution in [2.24, 2.45) is 5.73 Å². The molecule has 0 aliphatic heterocycles. The summed E-state index contributed by atoms with van der Waals surface area (Å²) < 4.78 is 17.8. The van der Waals surface area contributed by atoms with Gasteiger partial charge in [-0.3, -0.25) is 0 Å². The van der Waals surface area contributed by atoms with Gasteiger partial charge in [0.1, 0.15) is 12.4 Å². The van der Waals surface area contributed by atoms with Gasteiger partial charge in [0, 0.05) is 12.1 Å². The van der Waals surface area contributed by atoms with Crippen molar-refractivity contribution in [2.45, 2.75) is 0 Å². The first kappa shape index (κ1) is 11.6. The second-order valence-electron chi connectivity index (χ2n) is 3.77. The quantitative estimate of drug-likeness (QED) is 0.877. The highest BCUT2D eigenvalue weighted by Crippen LogP contribution is 2.20. The molecule has 0 saturated heterocycles. The molecule has 0 radical (unpaired) electrons. The van der Waals surface area contributed by atoms with E-state index in [1.54, 1.807) is 0 Å². The van der Waals surface area contributed by atoms with E-state index in [9.17, 15) is 4.39 Å². The Kier molecular flexibility index (Phi) is 3.73. The topological polar surface area (TPSA) is 35.2 Å². The number of ether oxygens (including phenoxy) is 1. The van der Waals surface area contributed by atoms with E-state index in [0.717, 1.165) is 16.5 Å². The third kappa shape index (κ3) is 2.82. The summed E-state index contributed by atoms with van der Waals surface area (Å²) in [4.78, 5) is 0. The van der Waals surface area contributed by atoms with E-state index in [1.807, 2.05) is 42.5 Å². The molecule has 3 heteroatoms. The molecule has 17 heavy (non-hydrogen) atoms. The molecule has 2 N–H and O–H groups in total. The molecule has 0 fully saturated rings. The first-order valence-corrected chi connectivity index (χ1v) is 5.43. The summed E-state index contributed by atoms with van der Waals surface area (Å²) in [6, 6.07) is 13.8. The Bertz CT molecular complexity index is 536. The Morgan fingerprint density at radius 1 is 1.18 bits per heavy atom. The van der Waals surface area contributed by atoms with Crippen LogP contribution in [0, 0.1) is 0 Å². The molecule has 0 unspecified atom stereocenters. The molecular formula is C14H14FNO. The summed E-state index contributed by atoms with van der Waals surface area (Å²) in [7, 11) is 0. The second kappa shape index (κ2) is 5.46. The van der Waals surface area contributed by atoms with Gasteiger partial charge in [-0.2, -0.15) is 0 Å². The molecule has 2 aromatic rings. The lowest BCUT2D eigenvalue weighted by molar-refractivity contribution is 0.348. The zero-order valence-electron chi connectivity index (χ0n) is 9.40. The minimum atomic E-state index is 0.171. The van der Waals surface area contributed by atoms with E-state index in [1.165, 1.54) is 0 Å². The van der Waals surface area contributed by atoms with Gasteiger partial charge in [-0.15, -0.1) is 0 Å². The Labute approximate surface area is 99.5 Å². The summed E-state index contributed by atoms with van der Waals surface area (Å²) in [5.74, 6) is 0.719. The zero-order chi connectivity index (χ0) is 12.1. The maximum atomic E-state index is 12.3. The highest BCUT2D eigenvalue weighted by atomic mass is 19.1. The molecule has 0 bridgehead atoms. The first-order valence-electron chi connectivity index (χ1n) is 5.43. The molecule has 0 amide bonds. The Morgan fingerprint density at radius 2 is 1.94 bits per heavy atom. The number of fused-ring (bicyclic) bond motifs is 1. The fourth-order valence-electron chi connectivity index (χ4n) is 1.57. The van der Waals surface area contributed by atoms with E-state index >= 15 is 0 Å². The van der Waals surface area contributed by atoms with Gasteiger partial charge in [0.25, 0.3) is 0 Å². The highest BCUT2D eigenvalue weighted by molar-refractivity contribution is 5.83. The van der Waals surface area contributed by atoms with Crippen LogP contribution in [0.2, 0.25) is 0 Å². The summed E-state index contributed by atoms with van der Waals surface area (Å²) in [6.45, 7) is 0.357. The average Bonchev–Trinajstić information content (AvgIpc) is 2.40. The molecule has 0 aliphatic carbocycles. The van der Waals surface area contributed by atoms with Crippen molar-refractivity contribution in [1.29, 1.82) is 0 Å². The number of nitrogens with two attached hydrogens (primary N) is 1. The lowest BCUT2D eigenvalue weighted by Crippen LogP contribution is -2.10. The van der Waals surface area contributed by atoms with Gasteiger partial charge < -0.3 is 10.5 Å². The van der Waals surface area contributed by atoms with Crippen LogP contribution in [0.5, 0.6) is 5.75 Å². The maximum absolute atomic E-state index is 12.3. The van der Waals surface area contributed by atoms with E-state index < -0.39 is 0 Å². The van der Waals surface area contributed by atoms with Gasteiger partial charge >= 0.3 is 0 Å². The first-order chi connectivity index (χ1) is 8.33. The number of rotatable bonds is 4. The third-order valence-corrected chi connectivity index (χ3v) is 2.56. The van der Waals surface area contributed by atoms with Crippen LogP contribution in [0.15, 0.2) is 54.4 Å². The molecule has 2 rings (SSSR count). The van der Waals surface area contributed by atoms with Gasteiger partial charge in [-0.1, -0.05) is 30.3 Å². The SMILES string of the molecule is NC/C(=C\F)COc1ccc2ccccc2c1. The molecular weight excluding hydrogens is 217 g/mol. The normalized spacial score (nSPS) is 11.8. The molecule has 0 saturated carbocycles. The lowest BCUT2D eigenvalue weighted by atomic mass is 10.1. The van der Waals surface area contributed by atoms with E-state index in [2.05, 4.69) is 0 Å². The molecule has 2 aromatic carbocycles. The van der Waals surface area contributed by atoms with E-state index in [0.29, 0.717) is 11.9 Å². The van der Waals surface area contributed by atoms with Gasteiger partial charge in [0.05, 0.1) is 6.33 Å². The summed E-state index contributed by atoms with van der Waals surface area (Å²) >= 11 is 0.